The molecule has 1 aromatic carbocycles. The van der Waals surface area contributed by atoms with Crippen LogP contribution in [0.15, 0.2) is 47.5 Å². The predicted molar refractivity (Wildman–Crippen MR) is 103 cm³/mol. The van der Waals surface area contributed by atoms with Crippen molar-refractivity contribution in [3.63, 3.8) is 0 Å². The monoisotopic (exact) mass is 352 g/mol. The molecule has 7 heteroatoms. The van der Waals surface area contributed by atoms with Crippen LogP contribution in [-0.4, -0.2) is 18.7 Å². The molecule has 4 nitrogen and oxygen atoms in total. The van der Waals surface area contributed by atoms with Crippen molar-refractivity contribution in [2.45, 2.75) is 20.8 Å². The number of nitrogens with two attached hydrogens (primary N) is 1. The number of aryl methyl sites for hydroxylation is 1. The molecule has 1 heterocycles. The summed E-state index contributed by atoms with van der Waals surface area (Å²) < 4.78 is 26.7. The Bertz CT molecular complexity index is 916. The molecule has 0 fully saturated rings. The molecule has 0 bridgehead atoms. The summed E-state index contributed by atoms with van der Waals surface area (Å²) in [6.07, 6.45) is 1.54. The highest BCUT2D eigenvalue weighted by Crippen LogP contribution is 2.22. The third-order valence-corrected chi connectivity index (χ3v) is 3.56. The third-order valence-electron chi connectivity index (χ3n) is 3.56. The van der Waals surface area contributed by atoms with Gasteiger partial charge in [0, 0.05) is 5.56 Å². The van der Waals surface area contributed by atoms with E-state index >= 15 is 0 Å². The van der Waals surface area contributed by atoms with Crippen molar-refractivity contribution in [1.82, 2.24) is 10.3 Å². The molecule has 2 aromatic rings. The number of hydrogen-bond acceptors (Lipinski definition) is 3. The summed E-state index contributed by atoms with van der Waals surface area (Å²) in [6, 6.07) is 5.30. The highest BCUT2D eigenvalue weighted by atomic mass is 19.2. The van der Waals surface area contributed by atoms with Crippen molar-refractivity contribution < 1.29 is 8.78 Å². The molecule has 26 heavy (non-hydrogen) atoms. The lowest BCUT2D eigenvalue weighted by Crippen LogP contribution is -2.19. The van der Waals surface area contributed by atoms with E-state index in [1.165, 1.54) is 6.07 Å². The summed E-state index contributed by atoms with van der Waals surface area (Å²) >= 11 is 0. The molecule has 0 atom stereocenters. The average molecular weight is 352 g/mol. The third kappa shape index (κ3) is 4.56. The maximum absolute atomic E-state index is 13.5. The standard InChI is InChI=1S/C19H19BF2N4/c1-10-7-15(23)9-24-18(10)12(3)25-13(4)26-19(11(2)20)14-5-6-16(21)17(22)8-14/h5-9H,3,23H2,1-2,4H3,(H,25,26)/b19-11+. The summed E-state index contributed by atoms with van der Waals surface area (Å²) in [5.41, 5.74) is 9.38. The zero-order valence-corrected chi connectivity index (χ0v) is 14.9. The SMILES string of the molecule is [B]/C(C)=C(/N=C(C)NC(=C)c1ncc(N)cc1C)c1ccc(F)c(F)c1. The molecular formula is C19H19BF2N4. The van der Waals surface area contributed by atoms with E-state index in [0.717, 1.165) is 17.7 Å². The van der Waals surface area contributed by atoms with E-state index in [4.69, 9.17) is 13.6 Å². The number of anilines is 1. The maximum Gasteiger partial charge on any atom is 0.159 e. The predicted octanol–water partition coefficient (Wildman–Crippen LogP) is 3.79. The number of nitrogen functional groups attached to an aromatic ring is 1. The van der Waals surface area contributed by atoms with Gasteiger partial charge in [-0.25, -0.2) is 13.8 Å². The summed E-state index contributed by atoms with van der Waals surface area (Å²) in [5.74, 6) is -1.43. The van der Waals surface area contributed by atoms with Crippen LogP contribution in [0.2, 0.25) is 0 Å². The molecule has 0 aliphatic rings. The van der Waals surface area contributed by atoms with Crippen molar-refractivity contribution in [3.8, 4) is 0 Å². The molecule has 132 valence electrons. The fourth-order valence-corrected chi connectivity index (χ4v) is 2.41. The molecule has 1 aromatic heterocycles. The average Bonchev–Trinajstić information content (AvgIpc) is 2.54. The molecule has 3 N–H and O–H groups in total. The van der Waals surface area contributed by atoms with Crippen LogP contribution >= 0.6 is 0 Å². The summed E-state index contributed by atoms with van der Waals surface area (Å²) in [4.78, 5) is 8.64. The van der Waals surface area contributed by atoms with E-state index in [0.29, 0.717) is 39.6 Å². The Kier molecular flexibility index (Phi) is 5.92. The lowest BCUT2D eigenvalue weighted by Gasteiger charge is -2.13. The largest absolute Gasteiger partial charge is 0.397 e. The number of nitrogens with one attached hydrogen (secondary N) is 1. The first-order chi connectivity index (χ1) is 12.2. The minimum atomic E-state index is -0.965. The Morgan fingerprint density at radius 2 is 1.92 bits per heavy atom. The van der Waals surface area contributed by atoms with Gasteiger partial charge in [-0.05, 0) is 43.7 Å². The lowest BCUT2D eigenvalue weighted by atomic mass is 9.92. The van der Waals surface area contributed by atoms with Gasteiger partial charge in [0.2, 0.25) is 0 Å². The number of aromatic nitrogens is 1. The highest BCUT2D eigenvalue weighted by Gasteiger charge is 2.10. The minimum absolute atomic E-state index is 0.337. The maximum atomic E-state index is 13.5. The summed E-state index contributed by atoms with van der Waals surface area (Å²) in [7, 11) is 5.87. The molecule has 0 amide bonds. The number of aliphatic imine (C=N–C) groups is 1. The van der Waals surface area contributed by atoms with Gasteiger partial charge in [0.05, 0.1) is 29.0 Å². The molecule has 2 radical (unpaired) electrons. The smallest absolute Gasteiger partial charge is 0.159 e. The van der Waals surface area contributed by atoms with Crippen molar-refractivity contribution in [1.29, 1.82) is 0 Å². The van der Waals surface area contributed by atoms with E-state index < -0.39 is 11.6 Å². The number of amidine groups is 1. The molecular weight excluding hydrogens is 333 g/mol. The van der Waals surface area contributed by atoms with Gasteiger partial charge in [0.25, 0.3) is 0 Å². The van der Waals surface area contributed by atoms with Gasteiger partial charge in [-0.3, -0.25) is 4.98 Å². The van der Waals surface area contributed by atoms with Gasteiger partial charge in [-0.2, -0.15) is 0 Å². The van der Waals surface area contributed by atoms with E-state index in [9.17, 15) is 8.78 Å². The van der Waals surface area contributed by atoms with E-state index in [-0.39, 0.29) is 0 Å². The summed E-state index contributed by atoms with van der Waals surface area (Å²) in [6.45, 7) is 9.17. The van der Waals surface area contributed by atoms with Crippen LogP contribution in [0, 0.1) is 18.6 Å². The van der Waals surface area contributed by atoms with Gasteiger partial charge in [-0.15, -0.1) is 0 Å². The molecule has 0 saturated heterocycles. The fourth-order valence-electron chi connectivity index (χ4n) is 2.41. The zero-order chi connectivity index (χ0) is 19.4. The molecule has 0 saturated carbocycles. The Balaban J connectivity index is 2.29. The van der Waals surface area contributed by atoms with Crippen molar-refractivity contribution in [2.75, 3.05) is 5.73 Å². The molecule has 2 rings (SSSR count). The summed E-state index contributed by atoms with van der Waals surface area (Å²) in [5, 5.41) is 3.03. The first-order valence-corrected chi connectivity index (χ1v) is 7.84. The van der Waals surface area contributed by atoms with Crippen LogP contribution in [0.3, 0.4) is 0 Å². The van der Waals surface area contributed by atoms with Crippen LogP contribution in [0.4, 0.5) is 14.5 Å². The molecule has 0 spiro atoms. The number of rotatable bonds is 4. The molecule has 0 unspecified atom stereocenters. The number of nitrogens with zero attached hydrogens (tertiary/aromatic N) is 2. The number of pyridine rings is 1. The van der Waals surface area contributed by atoms with Crippen LogP contribution in [-0.2, 0) is 0 Å². The van der Waals surface area contributed by atoms with Crippen LogP contribution in [0.1, 0.15) is 30.7 Å². The topological polar surface area (TPSA) is 63.3 Å². The highest BCUT2D eigenvalue weighted by molar-refractivity contribution is 6.25. The van der Waals surface area contributed by atoms with Gasteiger partial charge < -0.3 is 11.1 Å². The minimum Gasteiger partial charge on any atom is -0.397 e. The molecule has 0 aliphatic heterocycles. The zero-order valence-electron chi connectivity index (χ0n) is 14.9. The van der Waals surface area contributed by atoms with Crippen molar-refractivity contribution in [2.24, 2.45) is 4.99 Å². The number of hydrogen-bond donors (Lipinski definition) is 2. The first-order valence-electron chi connectivity index (χ1n) is 7.84. The van der Waals surface area contributed by atoms with Crippen LogP contribution in [0.25, 0.3) is 11.4 Å². The van der Waals surface area contributed by atoms with E-state index in [1.807, 2.05) is 6.92 Å². The van der Waals surface area contributed by atoms with Crippen molar-refractivity contribution >= 4 is 30.8 Å². The second-order valence-electron chi connectivity index (χ2n) is 5.90. The quantitative estimate of drug-likeness (QED) is 0.500. The van der Waals surface area contributed by atoms with Gasteiger partial charge in [0.15, 0.2) is 11.6 Å². The van der Waals surface area contributed by atoms with Gasteiger partial charge >= 0.3 is 0 Å². The first kappa shape index (κ1) is 19.4. The fraction of sp³-hybridized carbons (Fsp3) is 0.158. The Labute approximate surface area is 153 Å². The van der Waals surface area contributed by atoms with Crippen molar-refractivity contribution in [3.05, 3.63) is 71.0 Å². The Morgan fingerprint density at radius 3 is 2.50 bits per heavy atom. The van der Waals surface area contributed by atoms with Gasteiger partial charge in [-0.1, -0.05) is 19.0 Å². The number of halogens is 2. The van der Waals surface area contributed by atoms with E-state index in [1.54, 1.807) is 26.1 Å². The Morgan fingerprint density at radius 1 is 1.23 bits per heavy atom. The molecule has 0 aliphatic carbocycles. The Hall–Kier alpha value is -2.96. The van der Waals surface area contributed by atoms with E-state index in [2.05, 4.69) is 21.9 Å². The second kappa shape index (κ2) is 7.95. The second-order valence-corrected chi connectivity index (χ2v) is 5.90. The van der Waals surface area contributed by atoms with Crippen LogP contribution in [0.5, 0.6) is 0 Å². The number of allylic oxidation sites excluding steroid dienone is 1. The lowest BCUT2D eigenvalue weighted by molar-refractivity contribution is 0.508. The van der Waals surface area contributed by atoms with Crippen LogP contribution < -0.4 is 11.1 Å². The van der Waals surface area contributed by atoms with Gasteiger partial charge in [0.1, 0.15) is 13.7 Å². The normalized spacial score (nSPS) is 12.6. The number of benzene rings is 1.